The van der Waals surface area contributed by atoms with Crippen LogP contribution in [0.3, 0.4) is 0 Å². The molecule has 3 aromatic heterocycles. The SMILES string of the molecule is Cc1cc2nnn(-c3ccc4cn[nH]c4c3)c2cc1-c1ccnn1C(C)c1ccc(C#N)cc1. The molecule has 0 aliphatic heterocycles. The average Bonchev–Trinajstić information content (AvgIpc) is 3.61. The summed E-state index contributed by atoms with van der Waals surface area (Å²) in [4.78, 5) is 0. The summed E-state index contributed by atoms with van der Waals surface area (Å²) < 4.78 is 3.86. The van der Waals surface area contributed by atoms with E-state index in [2.05, 4.69) is 57.7 Å². The van der Waals surface area contributed by atoms with E-state index in [1.165, 1.54) is 0 Å². The first-order valence-corrected chi connectivity index (χ1v) is 11.0. The highest BCUT2D eigenvalue weighted by Crippen LogP contribution is 2.32. The number of hydrogen-bond acceptors (Lipinski definition) is 5. The molecule has 1 atom stereocenters. The number of nitriles is 1. The van der Waals surface area contributed by atoms with Crippen LogP contribution in [0.15, 0.2) is 73.1 Å². The van der Waals surface area contributed by atoms with E-state index in [0.717, 1.165) is 50.0 Å². The maximum Gasteiger partial charge on any atom is 0.113 e. The number of hydrogen-bond donors (Lipinski definition) is 1. The van der Waals surface area contributed by atoms with E-state index in [0.29, 0.717) is 5.56 Å². The summed E-state index contributed by atoms with van der Waals surface area (Å²) >= 11 is 0. The summed E-state index contributed by atoms with van der Waals surface area (Å²) in [5, 5.41) is 30.7. The Hall–Kier alpha value is -4.77. The van der Waals surface area contributed by atoms with Gasteiger partial charge in [-0.2, -0.15) is 15.5 Å². The van der Waals surface area contributed by atoms with Gasteiger partial charge in [0.1, 0.15) is 5.52 Å². The van der Waals surface area contributed by atoms with Crippen LogP contribution in [0, 0.1) is 18.3 Å². The van der Waals surface area contributed by atoms with Gasteiger partial charge in [-0.25, -0.2) is 4.68 Å². The molecule has 8 nitrogen and oxygen atoms in total. The molecule has 3 aromatic carbocycles. The van der Waals surface area contributed by atoms with Crippen LogP contribution in [-0.4, -0.2) is 35.0 Å². The number of aromatic amines is 1. The lowest BCUT2D eigenvalue weighted by molar-refractivity contribution is 0.571. The van der Waals surface area contributed by atoms with Crippen molar-refractivity contribution in [3.8, 4) is 23.0 Å². The van der Waals surface area contributed by atoms with Crippen LogP contribution in [0.5, 0.6) is 0 Å². The summed E-state index contributed by atoms with van der Waals surface area (Å²) in [6.45, 7) is 4.19. The molecule has 0 bridgehead atoms. The quantitative estimate of drug-likeness (QED) is 0.415. The fourth-order valence-corrected chi connectivity index (χ4v) is 4.41. The predicted octanol–water partition coefficient (Wildman–Crippen LogP) is 4.95. The highest BCUT2D eigenvalue weighted by molar-refractivity contribution is 5.86. The Morgan fingerprint density at radius 2 is 1.88 bits per heavy atom. The fourth-order valence-electron chi connectivity index (χ4n) is 4.41. The maximum atomic E-state index is 9.10. The van der Waals surface area contributed by atoms with E-state index < -0.39 is 0 Å². The molecule has 6 aromatic rings. The molecule has 6 rings (SSSR count). The van der Waals surface area contributed by atoms with E-state index >= 15 is 0 Å². The Morgan fingerprint density at radius 1 is 1.03 bits per heavy atom. The zero-order valence-corrected chi connectivity index (χ0v) is 18.6. The lowest BCUT2D eigenvalue weighted by Gasteiger charge is -2.17. The monoisotopic (exact) mass is 444 g/mol. The molecule has 0 saturated carbocycles. The van der Waals surface area contributed by atoms with E-state index in [4.69, 9.17) is 5.26 Å². The van der Waals surface area contributed by atoms with Crippen molar-refractivity contribution in [3.63, 3.8) is 0 Å². The van der Waals surface area contributed by atoms with Crippen LogP contribution >= 0.6 is 0 Å². The zero-order chi connectivity index (χ0) is 23.2. The molecule has 1 N–H and O–H groups in total. The van der Waals surface area contributed by atoms with Crippen molar-refractivity contribution >= 4 is 21.9 Å². The van der Waals surface area contributed by atoms with E-state index in [1.807, 2.05) is 64.1 Å². The standard InChI is InChI=1S/C26H20N8/c1-16-11-24-26(34(32-31-24)21-8-7-20-15-28-30-23(20)12-21)13-22(16)25-9-10-29-33(25)17(2)19-5-3-18(14-27)4-6-19/h3-13,15,17H,1-2H3,(H,28,30). The van der Waals surface area contributed by atoms with E-state index in [-0.39, 0.29) is 6.04 Å². The molecular weight excluding hydrogens is 424 g/mol. The normalized spacial score (nSPS) is 12.3. The molecule has 1 unspecified atom stereocenters. The molecule has 8 heteroatoms. The number of fused-ring (bicyclic) bond motifs is 2. The molecule has 3 heterocycles. The topological polar surface area (TPSA) is 101 Å². The molecule has 34 heavy (non-hydrogen) atoms. The third kappa shape index (κ3) is 3.14. The summed E-state index contributed by atoms with van der Waals surface area (Å²) in [6.07, 6.45) is 3.62. The summed E-state index contributed by atoms with van der Waals surface area (Å²) in [5.41, 5.74) is 8.50. The number of aryl methyl sites for hydroxylation is 1. The minimum Gasteiger partial charge on any atom is -0.278 e. The van der Waals surface area contributed by atoms with Crippen molar-refractivity contribution in [2.24, 2.45) is 0 Å². The molecule has 0 radical (unpaired) electrons. The van der Waals surface area contributed by atoms with Crippen molar-refractivity contribution in [3.05, 3.63) is 89.7 Å². The largest absolute Gasteiger partial charge is 0.278 e. The Kier molecular flexibility index (Phi) is 4.49. The van der Waals surface area contributed by atoms with Gasteiger partial charge >= 0.3 is 0 Å². The first-order valence-electron chi connectivity index (χ1n) is 11.0. The van der Waals surface area contributed by atoms with Gasteiger partial charge in [-0.15, -0.1) is 5.10 Å². The highest BCUT2D eigenvalue weighted by atomic mass is 15.4. The van der Waals surface area contributed by atoms with Gasteiger partial charge in [0.05, 0.1) is 46.3 Å². The number of H-pyrrole nitrogens is 1. The van der Waals surface area contributed by atoms with Crippen molar-refractivity contribution in [2.75, 3.05) is 0 Å². The van der Waals surface area contributed by atoms with Gasteiger partial charge in [-0.1, -0.05) is 17.3 Å². The Labute approximate surface area is 195 Å². The average molecular weight is 445 g/mol. The van der Waals surface area contributed by atoms with Crippen molar-refractivity contribution in [2.45, 2.75) is 19.9 Å². The second kappa shape index (κ2) is 7.67. The third-order valence-corrected chi connectivity index (χ3v) is 6.30. The molecule has 0 aliphatic carbocycles. The van der Waals surface area contributed by atoms with Crippen LogP contribution in [0.2, 0.25) is 0 Å². The lowest BCUT2D eigenvalue weighted by Crippen LogP contribution is -2.10. The van der Waals surface area contributed by atoms with Crippen LogP contribution in [0.25, 0.3) is 38.9 Å². The maximum absolute atomic E-state index is 9.10. The second-order valence-electron chi connectivity index (χ2n) is 8.37. The molecule has 0 aliphatic rings. The fraction of sp³-hybridized carbons (Fsp3) is 0.115. The lowest BCUT2D eigenvalue weighted by atomic mass is 10.0. The van der Waals surface area contributed by atoms with Gasteiger partial charge in [0.2, 0.25) is 0 Å². The van der Waals surface area contributed by atoms with Gasteiger partial charge in [0.25, 0.3) is 0 Å². The Balaban J connectivity index is 1.46. The molecule has 0 amide bonds. The third-order valence-electron chi connectivity index (χ3n) is 6.30. The van der Waals surface area contributed by atoms with Gasteiger partial charge in [-0.3, -0.25) is 9.78 Å². The first-order chi connectivity index (χ1) is 16.6. The van der Waals surface area contributed by atoms with Crippen LogP contribution in [0.1, 0.15) is 29.7 Å². The number of nitrogens with zero attached hydrogens (tertiary/aromatic N) is 7. The van der Waals surface area contributed by atoms with Gasteiger partial charge < -0.3 is 0 Å². The highest BCUT2D eigenvalue weighted by Gasteiger charge is 2.18. The van der Waals surface area contributed by atoms with E-state index in [9.17, 15) is 0 Å². The molecular formula is C26H20N8. The summed E-state index contributed by atoms with van der Waals surface area (Å²) in [7, 11) is 0. The molecule has 0 spiro atoms. The van der Waals surface area contributed by atoms with Gasteiger partial charge in [0, 0.05) is 17.1 Å². The molecule has 0 saturated heterocycles. The van der Waals surface area contributed by atoms with Crippen molar-refractivity contribution in [1.82, 2.24) is 35.0 Å². The number of nitrogens with one attached hydrogen (secondary N) is 1. The van der Waals surface area contributed by atoms with Crippen LogP contribution < -0.4 is 0 Å². The summed E-state index contributed by atoms with van der Waals surface area (Å²) in [6, 6.07) is 22.1. The Bertz CT molecular complexity index is 1690. The Morgan fingerprint density at radius 3 is 2.71 bits per heavy atom. The second-order valence-corrected chi connectivity index (χ2v) is 8.37. The van der Waals surface area contributed by atoms with Crippen LogP contribution in [-0.2, 0) is 0 Å². The molecule has 164 valence electrons. The van der Waals surface area contributed by atoms with Crippen LogP contribution in [0.4, 0.5) is 0 Å². The van der Waals surface area contributed by atoms with E-state index in [1.54, 1.807) is 6.20 Å². The smallest absolute Gasteiger partial charge is 0.113 e. The predicted molar refractivity (Wildman–Crippen MR) is 129 cm³/mol. The summed E-state index contributed by atoms with van der Waals surface area (Å²) in [5.74, 6) is 0. The molecule has 0 fully saturated rings. The number of aromatic nitrogens is 7. The van der Waals surface area contributed by atoms with Crippen molar-refractivity contribution in [1.29, 1.82) is 5.26 Å². The van der Waals surface area contributed by atoms with Gasteiger partial charge in [-0.05, 0) is 73.5 Å². The first kappa shape index (κ1) is 19.9. The number of rotatable bonds is 4. The minimum absolute atomic E-state index is 0.00124. The zero-order valence-electron chi connectivity index (χ0n) is 18.6. The number of benzene rings is 3. The van der Waals surface area contributed by atoms with Crippen molar-refractivity contribution < 1.29 is 0 Å². The van der Waals surface area contributed by atoms with Gasteiger partial charge in [0.15, 0.2) is 0 Å². The minimum atomic E-state index is -0.00124.